The topological polar surface area (TPSA) is 9.86 Å². The Morgan fingerprint density at radius 1 is 0.259 bits per heavy atom. The predicted octanol–water partition coefficient (Wildman–Crippen LogP) is 14.0. The standard InChI is InChI=1S/C52H34N2/c1-2-18-40(19-3-1)53-49-26-10-7-22-44(49)46-30-28-37(34-52(46)53)36-29-31-51-47(33-36)45-23-8-11-27-50(45)54(51)48-25-9-6-21-43(48)39-17-12-16-38(32-39)42-24-13-15-35-14-4-5-20-41(35)42/h1-34H. The van der Waals surface area contributed by atoms with Crippen molar-refractivity contribution < 1.29 is 0 Å². The molecule has 11 aromatic rings. The zero-order valence-corrected chi connectivity index (χ0v) is 29.5. The van der Waals surface area contributed by atoms with Crippen LogP contribution in [0.25, 0.3) is 99.1 Å². The van der Waals surface area contributed by atoms with Crippen molar-refractivity contribution in [2.75, 3.05) is 0 Å². The molecule has 11 rings (SSSR count). The lowest BCUT2D eigenvalue weighted by Gasteiger charge is -2.15. The van der Waals surface area contributed by atoms with E-state index in [1.165, 1.54) is 99.1 Å². The van der Waals surface area contributed by atoms with E-state index in [1.54, 1.807) is 0 Å². The molecule has 0 fully saturated rings. The molecular formula is C52H34N2. The molecule has 0 saturated carbocycles. The van der Waals surface area contributed by atoms with Crippen LogP contribution in [0.4, 0.5) is 0 Å². The van der Waals surface area contributed by atoms with Crippen LogP contribution in [-0.2, 0) is 0 Å². The van der Waals surface area contributed by atoms with E-state index in [2.05, 4.69) is 215 Å². The Bertz CT molecular complexity index is 3210. The van der Waals surface area contributed by atoms with Crippen LogP contribution in [0.2, 0.25) is 0 Å². The second kappa shape index (κ2) is 12.2. The Balaban J connectivity index is 1.08. The second-order valence-electron chi connectivity index (χ2n) is 14.1. The van der Waals surface area contributed by atoms with Crippen molar-refractivity contribution >= 4 is 54.4 Å². The first-order chi connectivity index (χ1) is 26.8. The highest BCUT2D eigenvalue weighted by atomic mass is 15.0. The fourth-order valence-electron chi connectivity index (χ4n) is 8.66. The summed E-state index contributed by atoms with van der Waals surface area (Å²) in [5, 5.41) is 7.53. The molecule has 0 aliphatic heterocycles. The summed E-state index contributed by atoms with van der Waals surface area (Å²) in [6.45, 7) is 0. The van der Waals surface area contributed by atoms with Gasteiger partial charge in [-0.3, -0.25) is 0 Å². The zero-order chi connectivity index (χ0) is 35.6. The van der Waals surface area contributed by atoms with E-state index in [4.69, 9.17) is 0 Å². The summed E-state index contributed by atoms with van der Waals surface area (Å²) in [6, 6.07) is 75.2. The number of rotatable bonds is 5. The third-order valence-corrected chi connectivity index (χ3v) is 11.1. The van der Waals surface area contributed by atoms with Crippen LogP contribution in [-0.4, -0.2) is 9.13 Å². The van der Waals surface area contributed by atoms with E-state index < -0.39 is 0 Å². The number of nitrogens with zero attached hydrogens (tertiary/aromatic N) is 2. The van der Waals surface area contributed by atoms with Gasteiger partial charge in [0.05, 0.1) is 27.8 Å². The average molecular weight is 687 g/mol. The molecule has 0 amide bonds. The molecule has 2 heteroatoms. The molecular weight excluding hydrogens is 653 g/mol. The summed E-state index contributed by atoms with van der Waals surface area (Å²) in [5.41, 5.74) is 14.4. The Morgan fingerprint density at radius 2 is 0.815 bits per heavy atom. The maximum atomic E-state index is 2.45. The highest BCUT2D eigenvalue weighted by Crippen LogP contribution is 2.40. The molecule has 252 valence electrons. The van der Waals surface area contributed by atoms with Crippen molar-refractivity contribution in [3.8, 4) is 44.8 Å². The van der Waals surface area contributed by atoms with Gasteiger partial charge >= 0.3 is 0 Å². The second-order valence-corrected chi connectivity index (χ2v) is 14.1. The maximum absolute atomic E-state index is 2.45. The summed E-state index contributed by atoms with van der Waals surface area (Å²) >= 11 is 0. The predicted molar refractivity (Wildman–Crippen MR) is 229 cm³/mol. The first-order valence-electron chi connectivity index (χ1n) is 18.6. The van der Waals surface area contributed by atoms with Gasteiger partial charge in [-0.15, -0.1) is 0 Å². The molecule has 0 N–H and O–H groups in total. The van der Waals surface area contributed by atoms with E-state index in [0.29, 0.717) is 0 Å². The van der Waals surface area contributed by atoms with Crippen LogP contribution < -0.4 is 0 Å². The molecule has 0 aliphatic carbocycles. The van der Waals surface area contributed by atoms with Crippen molar-refractivity contribution in [1.82, 2.24) is 9.13 Å². The average Bonchev–Trinajstić information content (AvgIpc) is 3.76. The lowest BCUT2D eigenvalue weighted by Crippen LogP contribution is -1.97. The lowest BCUT2D eigenvalue weighted by molar-refractivity contribution is 1.18. The fraction of sp³-hybridized carbons (Fsp3) is 0. The Morgan fingerprint density at radius 3 is 1.67 bits per heavy atom. The highest BCUT2D eigenvalue weighted by molar-refractivity contribution is 6.13. The maximum Gasteiger partial charge on any atom is 0.0547 e. The molecule has 54 heavy (non-hydrogen) atoms. The van der Waals surface area contributed by atoms with Gasteiger partial charge in [0.15, 0.2) is 0 Å². The van der Waals surface area contributed by atoms with Gasteiger partial charge in [0.2, 0.25) is 0 Å². The van der Waals surface area contributed by atoms with Crippen LogP contribution in [0.15, 0.2) is 206 Å². The molecule has 0 spiro atoms. The molecule has 9 aromatic carbocycles. The monoisotopic (exact) mass is 686 g/mol. The van der Waals surface area contributed by atoms with Gasteiger partial charge in [-0.1, -0.05) is 152 Å². The van der Waals surface area contributed by atoms with Crippen molar-refractivity contribution in [3.63, 3.8) is 0 Å². The third-order valence-electron chi connectivity index (χ3n) is 11.1. The third kappa shape index (κ3) is 4.74. The largest absolute Gasteiger partial charge is 0.309 e. The minimum absolute atomic E-state index is 1.17. The molecule has 0 atom stereocenters. The molecule has 0 radical (unpaired) electrons. The normalized spacial score (nSPS) is 11.7. The smallest absolute Gasteiger partial charge is 0.0547 e. The first kappa shape index (κ1) is 30.5. The molecule has 2 nitrogen and oxygen atoms in total. The summed E-state index contributed by atoms with van der Waals surface area (Å²) in [6.07, 6.45) is 0. The van der Waals surface area contributed by atoms with Crippen molar-refractivity contribution in [1.29, 1.82) is 0 Å². The summed E-state index contributed by atoms with van der Waals surface area (Å²) in [7, 11) is 0. The number of fused-ring (bicyclic) bond motifs is 7. The van der Waals surface area contributed by atoms with Gasteiger partial charge in [0, 0.05) is 32.8 Å². The van der Waals surface area contributed by atoms with E-state index in [1.807, 2.05) is 0 Å². The molecule has 0 unspecified atom stereocenters. The van der Waals surface area contributed by atoms with E-state index in [-0.39, 0.29) is 0 Å². The minimum Gasteiger partial charge on any atom is -0.309 e. The Kier molecular flexibility index (Phi) is 6.90. The fourth-order valence-corrected chi connectivity index (χ4v) is 8.66. The molecule has 2 aromatic heterocycles. The summed E-state index contributed by atoms with van der Waals surface area (Å²) in [5.74, 6) is 0. The molecule has 0 aliphatic rings. The Labute approximate surface area is 313 Å². The van der Waals surface area contributed by atoms with Crippen molar-refractivity contribution in [3.05, 3.63) is 206 Å². The quantitative estimate of drug-likeness (QED) is 0.171. The van der Waals surface area contributed by atoms with Gasteiger partial charge in [0.25, 0.3) is 0 Å². The molecule has 2 heterocycles. The zero-order valence-electron chi connectivity index (χ0n) is 29.5. The van der Waals surface area contributed by atoms with E-state index in [9.17, 15) is 0 Å². The van der Waals surface area contributed by atoms with Crippen LogP contribution in [0.3, 0.4) is 0 Å². The lowest BCUT2D eigenvalue weighted by atomic mass is 9.94. The van der Waals surface area contributed by atoms with Gasteiger partial charge in [-0.2, -0.15) is 0 Å². The summed E-state index contributed by atoms with van der Waals surface area (Å²) < 4.78 is 4.84. The van der Waals surface area contributed by atoms with Gasteiger partial charge in [-0.25, -0.2) is 0 Å². The first-order valence-corrected chi connectivity index (χ1v) is 18.6. The number of benzene rings is 9. The van der Waals surface area contributed by atoms with Crippen molar-refractivity contribution in [2.45, 2.75) is 0 Å². The molecule has 0 saturated heterocycles. The van der Waals surface area contributed by atoms with Crippen LogP contribution in [0, 0.1) is 0 Å². The van der Waals surface area contributed by atoms with E-state index >= 15 is 0 Å². The number of hydrogen-bond acceptors (Lipinski definition) is 0. The van der Waals surface area contributed by atoms with Crippen LogP contribution in [0.5, 0.6) is 0 Å². The number of aromatic nitrogens is 2. The Hall–Kier alpha value is -7.16. The van der Waals surface area contributed by atoms with Gasteiger partial charge in [-0.05, 0) is 93.2 Å². The number of hydrogen-bond donors (Lipinski definition) is 0. The van der Waals surface area contributed by atoms with Crippen LogP contribution in [0.1, 0.15) is 0 Å². The minimum atomic E-state index is 1.17. The van der Waals surface area contributed by atoms with Gasteiger partial charge in [0.1, 0.15) is 0 Å². The SMILES string of the molecule is c1ccc(-n2c3ccccc3c3ccc(-c4ccc5c(c4)c4ccccc4n5-c4ccccc4-c4cccc(-c5cccc6ccccc56)c4)cc32)cc1. The summed E-state index contributed by atoms with van der Waals surface area (Å²) in [4.78, 5) is 0. The van der Waals surface area contributed by atoms with Crippen LogP contribution >= 0.6 is 0 Å². The molecule has 0 bridgehead atoms. The van der Waals surface area contributed by atoms with Crippen molar-refractivity contribution in [2.24, 2.45) is 0 Å². The highest BCUT2D eigenvalue weighted by Gasteiger charge is 2.18. The number of para-hydroxylation sites is 4. The van der Waals surface area contributed by atoms with E-state index in [0.717, 1.165) is 0 Å². The van der Waals surface area contributed by atoms with Gasteiger partial charge < -0.3 is 9.13 Å².